The van der Waals surface area contributed by atoms with Gasteiger partial charge < -0.3 is 5.11 Å². The lowest BCUT2D eigenvalue weighted by Gasteiger charge is -2.17. The Labute approximate surface area is 103 Å². The van der Waals surface area contributed by atoms with E-state index in [1.54, 1.807) is 17.1 Å². The summed E-state index contributed by atoms with van der Waals surface area (Å²) in [6.45, 7) is 6.84. The van der Waals surface area contributed by atoms with E-state index in [0.717, 1.165) is 25.8 Å². The van der Waals surface area contributed by atoms with E-state index in [0.29, 0.717) is 5.56 Å². The molecule has 4 heteroatoms. The van der Waals surface area contributed by atoms with Gasteiger partial charge in [-0.05, 0) is 12.3 Å². The number of hydrogen-bond donors (Lipinski definition) is 1. The first-order valence-electron chi connectivity index (χ1n) is 6.38. The average Bonchev–Trinajstić information content (AvgIpc) is 2.78. The summed E-state index contributed by atoms with van der Waals surface area (Å²) in [5.41, 5.74) is 0.512. The van der Waals surface area contributed by atoms with Crippen molar-refractivity contribution >= 4 is 5.78 Å². The fraction of sp³-hybridized carbons (Fsp3) is 0.692. The number of aliphatic hydroxyl groups is 1. The van der Waals surface area contributed by atoms with E-state index < -0.39 is 6.10 Å². The Balaban J connectivity index is 2.73. The second-order valence-corrected chi connectivity index (χ2v) is 4.38. The van der Waals surface area contributed by atoms with Gasteiger partial charge in [0.25, 0.3) is 0 Å². The quantitative estimate of drug-likeness (QED) is 0.741. The smallest absolute Gasteiger partial charge is 0.194 e. The third-order valence-corrected chi connectivity index (χ3v) is 3.13. The van der Waals surface area contributed by atoms with Crippen LogP contribution in [0.2, 0.25) is 0 Å². The number of Topliss-reactive ketones (excluding diaryl/α,β-unsaturated/α-hetero) is 1. The second-order valence-electron chi connectivity index (χ2n) is 4.38. The lowest BCUT2D eigenvalue weighted by molar-refractivity contribution is 0.0588. The molecule has 0 aliphatic heterocycles. The van der Waals surface area contributed by atoms with Gasteiger partial charge in [0.1, 0.15) is 6.10 Å². The highest BCUT2D eigenvalue weighted by molar-refractivity contribution is 5.99. The van der Waals surface area contributed by atoms with E-state index >= 15 is 0 Å². The maximum Gasteiger partial charge on any atom is 0.194 e. The average molecular weight is 238 g/mol. The lowest BCUT2D eigenvalue weighted by Crippen LogP contribution is -2.28. The molecular formula is C13H22N2O2. The molecule has 1 aromatic heterocycles. The molecule has 0 aliphatic carbocycles. The molecule has 1 N–H and O–H groups in total. The van der Waals surface area contributed by atoms with Gasteiger partial charge >= 0.3 is 0 Å². The summed E-state index contributed by atoms with van der Waals surface area (Å²) in [5.74, 6) is -0.168. The van der Waals surface area contributed by atoms with Gasteiger partial charge in [-0.3, -0.25) is 9.48 Å². The number of hydrogen-bond acceptors (Lipinski definition) is 3. The summed E-state index contributed by atoms with van der Waals surface area (Å²) in [6.07, 6.45) is 4.97. The molecule has 1 atom stereocenters. The van der Waals surface area contributed by atoms with Crippen LogP contribution < -0.4 is 0 Å². The van der Waals surface area contributed by atoms with Crippen molar-refractivity contribution in [3.63, 3.8) is 0 Å². The van der Waals surface area contributed by atoms with Crippen LogP contribution in [0.4, 0.5) is 0 Å². The standard InChI is InChI=1S/C13H22N2O2/c1-4-7-15-9-11(8-14-15)13(17)12(16)10(5-2)6-3/h8-10,12,16H,4-7H2,1-3H3. The van der Waals surface area contributed by atoms with Crippen LogP contribution in [0.1, 0.15) is 50.4 Å². The highest BCUT2D eigenvalue weighted by Crippen LogP contribution is 2.17. The second kappa shape index (κ2) is 6.55. The molecule has 1 aromatic rings. The number of aromatic nitrogens is 2. The molecule has 0 aromatic carbocycles. The summed E-state index contributed by atoms with van der Waals surface area (Å²) in [4.78, 5) is 12.0. The Morgan fingerprint density at radius 1 is 1.41 bits per heavy atom. The van der Waals surface area contributed by atoms with Gasteiger partial charge in [-0.1, -0.05) is 33.6 Å². The molecule has 0 amide bonds. The summed E-state index contributed by atoms with van der Waals surface area (Å²) in [7, 11) is 0. The van der Waals surface area contributed by atoms with Crippen molar-refractivity contribution in [3.8, 4) is 0 Å². The molecule has 0 spiro atoms. The number of carbonyl (C=O) groups excluding carboxylic acids is 1. The lowest BCUT2D eigenvalue weighted by atomic mass is 9.92. The zero-order chi connectivity index (χ0) is 12.8. The molecule has 1 rings (SSSR count). The number of nitrogens with zero attached hydrogens (tertiary/aromatic N) is 2. The third kappa shape index (κ3) is 3.40. The minimum Gasteiger partial charge on any atom is -0.385 e. The van der Waals surface area contributed by atoms with Crippen LogP contribution in [-0.4, -0.2) is 26.8 Å². The molecule has 4 nitrogen and oxygen atoms in total. The number of aryl methyl sites for hydroxylation is 1. The molecule has 0 fully saturated rings. The molecule has 17 heavy (non-hydrogen) atoms. The van der Waals surface area contributed by atoms with E-state index in [9.17, 15) is 9.90 Å². The Morgan fingerprint density at radius 3 is 2.59 bits per heavy atom. The Bertz CT molecular complexity index is 356. The van der Waals surface area contributed by atoms with Crippen molar-refractivity contribution in [2.75, 3.05) is 0 Å². The molecule has 0 saturated carbocycles. The van der Waals surface area contributed by atoms with Crippen molar-refractivity contribution in [1.29, 1.82) is 0 Å². The van der Waals surface area contributed by atoms with Crippen molar-refractivity contribution in [3.05, 3.63) is 18.0 Å². The fourth-order valence-electron chi connectivity index (χ4n) is 1.96. The van der Waals surface area contributed by atoms with Gasteiger partial charge in [-0.25, -0.2) is 0 Å². The normalized spacial score (nSPS) is 13.0. The van der Waals surface area contributed by atoms with Crippen LogP contribution in [0, 0.1) is 5.92 Å². The van der Waals surface area contributed by atoms with E-state index in [4.69, 9.17) is 0 Å². The highest BCUT2D eigenvalue weighted by Gasteiger charge is 2.25. The number of rotatable bonds is 7. The van der Waals surface area contributed by atoms with Crippen LogP contribution in [0.3, 0.4) is 0 Å². The third-order valence-electron chi connectivity index (χ3n) is 3.13. The Hall–Kier alpha value is -1.16. The zero-order valence-corrected chi connectivity index (χ0v) is 10.9. The van der Waals surface area contributed by atoms with Gasteiger partial charge in [-0.2, -0.15) is 5.10 Å². The molecule has 1 unspecified atom stereocenters. The number of ketones is 1. The van der Waals surface area contributed by atoms with E-state index in [-0.39, 0.29) is 11.7 Å². The van der Waals surface area contributed by atoms with Gasteiger partial charge in [0.15, 0.2) is 5.78 Å². The molecular weight excluding hydrogens is 216 g/mol. The van der Waals surface area contributed by atoms with Crippen LogP contribution >= 0.6 is 0 Å². The predicted molar refractivity (Wildman–Crippen MR) is 66.9 cm³/mol. The zero-order valence-electron chi connectivity index (χ0n) is 10.9. The fourth-order valence-corrected chi connectivity index (χ4v) is 1.96. The molecule has 0 bridgehead atoms. The first-order valence-corrected chi connectivity index (χ1v) is 6.38. The number of carbonyl (C=O) groups is 1. The van der Waals surface area contributed by atoms with Crippen molar-refractivity contribution < 1.29 is 9.90 Å². The van der Waals surface area contributed by atoms with Gasteiger partial charge in [-0.15, -0.1) is 0 Å². The van der Waals surface area contributed by atoms with E-state index in [1.165, 1.54) is 0 Å². The maximum absolute atomic E-state index is 12.0. The van der Waals surface area contributed by atoms with Crippen molar-refractivity contribution in [2.45, 2.75) is 52.7 Å². The van der Waals surface area contributed by atoms with Crippen molar-refractivity contribution in [2.24, 2.45) is 5.92 Å². The topological polar surface area (TPSA) is 55.1 Å². The minimum absolute atomic E-state index is 0.0389. The molecule has 1 heterocycles. The molecule has 0 saturated heterocycles. The predicted octanol–water partition coefficient (Wildman–Crippen LogP) is 2.27. The molecule has 0 radical (unpaired) electrons. The summed E-state index contributed by atoms with van der Waals surface area (Å²) in [5, 5.41) is 14.1. The Morgan fingerprint density at radius 2 is 2.06 bits per heavy atom. The first kappa shape index (κ1) is 13.9. The highest BCUT2D eigenvalue weighted by atomic mass is 16.3. The van der Waals surface area contributed by atoms with Crippen molar-refractivity contribution in [1.82, 2.24) is 9.78 Å². The number of aliphatic hydroxyl groups excluding tert-OH is 1. The SMILES string of the molecule is CCCn1cc(C(=O)C(O)C(CC)CC)cn1. The Kier molecular flexibility index (Phi) is 5.35. The van der Waals surface area contributed by atoms with Crippen LogP contribution in [-0.2, 0) is 6.54 Å². The van der Waals surface area contributed by atoms with Crippen LogP contribution in [0.25, 0.3) is 0 Å². The van der Waals surface area contributed by atoms with E-state index in [1.807, 2.05) is 13.8 Å². The first-order chi connectivity index (χ1) is 8.13. The van der Waals surface area contributed by atoms with Crippen LogP contribution in [0.5, 0.6) is 0 Å². The summed E-state index contributed by atoms with van der Waals surface area (Å²) in [6, 6.07) is 0. The largest absolute Gasteiger partial charge is 0.385 e. The molecule has 96 valence electrons. The maximum atomic E-state index is 12.0. The van der Waals surface area contributed by atoms with Crippen LogP contribution in [0.15, 0.2) is 12.4 Å². The summed E-state index contributed by atoms with van der Waals surface area (Å²) < 4.78 is 1.74. The summed E-state index contributed by atoms with van der Waals surface area (Å²) >= 11 is 0. The van der Waals surface area contributed by atoms with Gasteiger partial charge in [0, 0.05) is 12.7 Å². The van der Waals surface area contributed by atoms with Gasteiger partial charge in [0.2, 0.25) is 0 Å². The van der Waals surface area contributed by atoms with Gasteiger partial charge in [0.05, 0.1) is 11.8 Å². The molecule has 0 aliphatic rings. The van der Waals surface area contributed by atoms with E-state index in [2.05, 4.69) is 12.0 Å². The minimum atomic E-state index is -0.899. The monoisotopic (exact) mass is 238 g/mol.